The fraction of sp³-hybridized carbons (Fsp3) is 0.0882. The van der Waals surface area contributed by atoms with Gasteiger partial charge in [0.1, 0.15) is 5.75 Å². The van der Waals surface area contributed by atoms with Gasteiger partial charge < -0.3 is 14.4 Å². The van der Waals surface area contributed by atoms with Crippen molar-refractivity contribution in [2.75, 3.05) is 7.11 Å². The molecule has 6 rings (SSSR count). The molecule has 11 heteroatoms. The second-order valence-electron chi connectivity index (χ2n) is 10.3. The summed E-state index contributed by atoms with van der Waals surface area (Å²) in [5, 5.41) is 22.0. The SMILES string of the molecule is COc1ccc(N=C2S/C(=C\c3cn(Cc4cccc([N+](=O)[O-])c4)c4ccccc34)C(=O)N2Cc2ccc(C(=O)O)cc2)cc1. The number of benzene rings is 4. The minimum atomic E-state index is -1.02. The number of aromatic carboxylic acids is 1. The third kappa shape index (κ3) is 6.34. The number of nitro benzene ring substituents is 1. The number of fused-ring (bicyclic) bond motifs is 1. The highest BCUT2D eigenvalue weighted by molar-refractivity contribution is 8.18. The minimum absolute atomic E-state index is 0.0284. The van der Waals surface area contributed by atoms with Crippen LogP contribution < -0.4 is 4.74 Å². The summed E-state index contributed by atoms with van der Waals surface area (Å²) in [6.45, 7) is 0.613. The molecule has 0 unspecified atom stereocenters. The molecule has 0 radical (unpaired) electrons. The van der Waals surface area contributed by atoms with Crippen LogP contribution in [-0.4, -0.2) is 43.7 Å². The van der Waals surface area contributed by atoms with E-state index in [0.717, 1.165) is 27.6 Å². The van der Waals surface area contributed by atoms with Crippen LogP contribution in [0.25, 0.3) is 17.0 Å². The van der Waals surface area contributed by atoms with Gasteiger partial charge >= 0.3 is 5.97 Å². The molecule has 0 bridgehead atoms. The molecule has 0 aliphatic carbocycles. The largest absolute Gasteiger partial charge is 0.497 e. The van der Waals surface area contributed by atoms with Gasteiger partial charge in [0.2, 0.25) is 0 Å². The number of nitro groups is 1. The zero-order valence-electron chi connectivity index (χ0n) is 24.0. The number of para-hydroxylation sites is 1. The average molecular weight is 619 g/mol. The van der Waals surface area contributed by atoms with Crippen molar-refractivity contribution >= 4 is 57.2 Å². The van der Waals surface area contributed by atoms with Gasteiger partial charge in [0.05, 0.1) is 34.7 Å². The number of thioether (sulfide) groups is 1. The van der Waals surface area contributed by atoms with Crippen molar-refractivity contribution in [1.82, 2.24) is 9.47 Å². The van der Waals surface area contributed by atoms with Gasteiger partial charge in [-0.1, -0.05) is 42.5 Å². The van der Waals surface area contributed by atoms with E-state index < -0.39 is 10.9 Å². The smallest absolute Gasteiger partial charge is 0.335 e. The topological polar surface area (TPSA) is 127 Å². The number of carboxylic acid groups (broad SMARTS) is 1. The van der Waals surface area contributed by atoms with E-state index >= 15 is 0 Å². The summed E-state index contributed by atoms with van der Waals surface area (Å²) in [6.07, 6.45) is 3.79. The quantitative estimate of drug-likeness (QED) is 0.106. The lowest BCUT2D eigenvalue weighted by molar-refractivity contribution is -0.384. The third-order valence-corrected chi connectivity index (χ3v) is 8.31. The molecule has 10 nitrogen and oxygen atoms in total. The highest BCUT2D eigenvalue weighted by Gasteiger charge is 2.34. The fourth-order valence-electron chi connectivity index (χ4n) is 5.06. The first kappa shape index (κ1) is 29.4. The number of non-ortho nitro benzene ring substituents is 1. The van der Waals surface area contributed by atoms with Gasteiger partial charge in [-0.2, -0.15) is 0 Å². The van der Waals surface area contributed by atoms with Crippen LogP contribution in [0, 0.1) is 10.1 Å². The lowest BCUT2D eigenvalue weighted by atomic mass is 10.1. The zero-order chi connectivity index (χ0) is 31.5. The summed E-state index contributed by atoms with van der Waals surface area (Å²) in [5.74, 6) is -0.567. The molecule has 1 N–H and O–H groups in total. The lowest BCUT2D eigenvalue weighted by Gasteiger charge is -2.16. The van der Waals surface area contributed by atoms with Gasteiger partial charge in [0.25, 0.3) is 11.6 Å². The Labute approximate surface area is 262 Å². The van der Waals surface area contributed by atoms with Crippen molar-refractivity contribution in [3.8, 4) is 5.75 Å². The molecule has 45 heavy (non-hydrogen) atoms. The monoisotopic (exact) mass is 618 g/mol. The molecular formula is C34H26N4O6S. The molecule has 224 valence electrons. The van der Waals surface area contributed by atoms with Gasteiger partial charge in [-0.15, -0.1) is 0 Å². The Kier molecular flexibility index (Phi) is 8.17. The lowest BCUT2D eigenvalue weighted by Crippen LogP contribution is -2.28. The van der Waals surface area contributed by atoms with Crippen molar-refractivity contribution in [3.63, 3.8) is 0 Å². The molecule has 0 atom stereocenters. The molecular weight excluding hydrogens is 592 g/mol. The van der Waals surface area contributed by atoms with Crippen molar-refractivity contribution in [2.45, 2.75) is 13.1 Å². The molecule has 1 fully saturated rings. The number of methoxy groups -OCH3 is 1. The maximum atomic E-state index is 13.9. The number of rotatable bonds is 9. The Hall–Kier alpha value is -5.68. The van der Waals surface area contributed by atoms with E-state index in [1.165, 1.54) is 30.0 Å². The van der Waals surface area contributed by atoms with E-state index in [9.17, 15) is 24.8 Å². The second-order valence-corrected chi connectivity index (χ2v) is 11.3. The Morgan fingerprint density at radius 2 is 1.73 bits per heavy atom. The second kappa shape index (κ2) is 12.5. The number of amides is 1. The third-order valence-electron chi connectivity index (χ3n) is 7.31. The Morgan fingerprint density at radius 1 is 0.978 bits per heavy atom. The Morgan fingerprint density at radius 3 is 2.44 bits per heavy atom. The number of aromatic nitrogens is 1. The van der Waals surface area contributed by atoms with Crippen LogP contribution in [0.3, 0.4) is 0 Å². The fourth-order valence-corrected chi connectivity index (χ4v) is 6.05. The first-order valence-corrected chi connectivity index (χ1v) is 14.7. The van der Waals surface area contributed by atoms with Gasteiger partial charge in [-0.25, -0.2) is 9.79 Å². The number of carboxylic acids is 1. The van der Waals surface area contributed by atoms with Gasteiger partial charge in [0, 0.05) is 41.3 Å². The molecule has 0 saturated carbocycles. The number of nitrogens with zero attached hydrogens (tertiary/aromatic N) is 4. The zero-order valence-corrected chi connectivity index (χ0v) is 24.8. The number of carbonyl (C=O) groups is 2. The van der Waals surface area contributed by atoms with E-state index in [-0.39, 0.29) is 23.7 Å². The van der Waals surface area contributed by atoms with Gasteiger partial charge in [-0.05, 0) is 71.4 Å². The summed E-state index contributed by atoms with van der Waals surface area (Å²) < 4.78 is 7.27. The van der Waals surface area contributed by atoms with Crippen LogP contribution in [0.2, 0.25) is 0 Å². The Balaban J connectivity index is 1.36. The highest BCUT2D eigenvalue weighted by Crippen LogP contribution is 2.37. The maximum absolute atomic E-state index is 13.9. The van der Waals surface area contributed by atoms with Crippen molar-refractivity contribution in [1.29, 1.82) is 0 Å². The normalized spacial score (nSPS) is 14.9. The molecule has 0 spiro atoms. The van der Waals surface area contributed by atoms with Crippen molar-refractivity contribution in [3.05, 3.63) is 141 Å². The summed E-state index contributed by atoms with van der Waals surface area (Å²) in [5.41, 5.74) is 4.12. The number of ether oxygens (including phenoxy) is 1. The molecule has 1 amide bonds. The van der Waals surface area contributed by atoms with Crippen molar-refractivity contribution in [2.24, 2.45) is 4.99 Å². The number of carbonyl (C=O) groups excluding carboxylic acids is 1. The van der Waals surface area contributed by atoms with Gasteiger partial charge in [-0.3, -0.25) is 19.8 Å². The summed E-state index contributed by atoms with van der Waals surface area (Å²) in [4.78, 5) is 43.0. The van der Waals surface area contributed by atoms with Crippen LogP contribution in [-0.2, 0) is 17.9 Å². The van der Waals surface area contributed by atoms with E-state index in [1.807, 2.05) is 47.2 Å². The van der Waals surface area contributed by atoms with Crippen LogP contribution in [0.4, 0.5) is 11.4 Å². The van der Waals surface area contributed by atoms with E-state index in [2.05, 4.69) is 0 Å². The molecule has 5 aromatic rings. The molecule has 4 aromatic carbocycles. The van der Waals surface area contributed by atoms with Crippen molar-refractivity contribution < 1.29 is 24.4 Å². The molecule has 1 aromatic heterocycles. The highest BCUT2D eigenvalue weighted by atomic mass is 32.2. The standard InChI is InChI=1S/C34H26N4O6S/c1-44-28-15-13-26(14-16-28)35-34-37(20-22-9-11-24(12-10-22)33(40)41)32(39)31(45-34)18-25-21-36(30-8-3-2-7-29(25)30)19-23-5-4-6-27(17-23)38(42)43/h2-18,21H,19-20H2,1H3,(H,40,41)/b31-18-,35-34?. The van der Waals surface area contributed by atoms with E-state index in [1.54, 1.807) is 60.5 Å². The number of amidine groups is 1. The first-order chi connectivity index (χ1) is 21.8. The maximum Gasteiger partial charge on any atom is 0.335 e. The number of aliphatic imine (C=N–C) groups is 1. The van der Waals surface area contributed by atoms with E-state index in [0.29, 0.717) is 28.1 Å². The first-order valence-electron chi connectivity index (χ1n) is 13.9. The Bertz CT molecular complexity index is 2000. The molecule has 1 saturated heterocycles. The van der Waals surface area contributed by atoms with Crippen LogP contribution in [0.5, 0.6) is 5.75 Å². The molecule has 1 aliphatic rings. The van der Waals surface area contributed by atoms with Crippen LogP contribution in [0.1, 0.15) is 27.0 Å². The van der Waals surface area contributed by atoms with Crippen LogP contribution >= 0.6 is 11.8 Å². The summed E-state index contributed by atoms with van der Waals surface area (Å²) >= 11 is 1.26. The summed E-state index contributed by atoms with van der Waals surface area (Å²) in [6, 6.07) is 28.0. The van der Waals surface area contributed by atoms with Gasteiger partial charge in [0.15, 0.2) is 5.17 Å². The number of hydrogen-bond donors (Lipinski definition) is 1. The molecule has 1 aliphatic heterocycles. The average Bonchev–Trinajstić information content (AvgIpc) is 3.53. The number of hydrogen-bond acceptors (Lipinski definition) is 7. The van der Waals surface area contributed by atoms with E-state index in [4.69, 9.17) is 9.73 Å². The predicted octanol–water partition coefficient (Wildman–Crippen LogP) is 7.11. The van der Waals surface area contributed by atoms with Crippen LogP contribution in [0.15, 0.2) is 113 Å². The predicted molar refractivity (Wildman–Crippen MR) is 174 cm³/mol. The molecule has 2 heterocycles. The summed E-state index contributed by atoms with van der Waals surface area (Å²) in [7, 11) is 1.58. The minimum Gasteiger partial charge on any atom is -0.497 e.